The lowest BCUT2D eigenvalue weighted by molar-refractivity contribution is -0.384. The molecule has 2 aromatic rings. The van der Waals surface area contributed by atoms with Crippen molar-refractivity contribution >= 4 is 35.0 Å². The number of anilines is 1. The van der Waals surface area contributed by atoms with E-state index in [-0.39, 0.29) is 17.8 Å². The van der Waals surface area contributed by atoms with Crippen molar-refractivity contribution in [1.82, 2.24) is 0 Å². The van der Waals surface area contributed by atoms with Gasteiger partial charge in [-0.25, -0.2) is 0 Å². The summed E-state index contributed by atoms with van der Waals surface area (Å²) >= 11 is 1.51. The molecule has 0 spiro atoms. The molecular formula is C18H18N2O6S. The SMILES string of the molecule is COc1ccc(NC(=O)COC(=O)CCSc2ccccc2)c([N+](=O)[O-])c1. The number of hydrogen-bond donors (Lipinski definition) is 1. The average molecular weight is 390 g/mol. The predicted octanol–water partition coefficient (Wildman–Crippen LogP) is 3.27. The molecule has 0 aromatic heterocycles. The molecule has 2 aromatic carbocycles. The number of methoxy groups -OCH3 is 1. The minimum atomic E-state index is -0.660. The normalized spacial score (nSPS) is 10.1. The number of rotatable bonds is 9. The third-order valence-electron chi connectivity index (χ3n) is 3.36. The Bertz CT molecular complexity index is 813. The van der Waals surface area contributed by atoms with Crippen molar-refractivity contribution in [2.75, 3.05) is 24.8 Å². The van der Waals surface area contributed by atoms with Crippen LogP contribution in [0.4, 0.5) is 11.4 Å². The van der Waals surface area contributed by atoms with Crippen LogP contribution in [0.2, 0.25) is 0 Å². The van der Waals surface area contributed by atoms with E-state index >= 15 is 0 Å². The molecule has 0 heterocycles. The van der Waals surface area contributed by atoms with Gasteiger partial charge in [0.1, 0.15) is 11.4 Å². The maximum atomic E-state index is 11.9. The Hall–Kier alpha value is -3.07. The predicted molar refractivity (Wildman–Crippen MR) is 101 cm³/mol. The van der Waals surface area contributed by atoms with Crippen molar-refractivity contribution in [1.29, 1.82) is 0 Å². The second-order valence-corrected chi connectivity index (χ2v) is 6.43. The molecule has 1 amide bonds. The first-order valence-corrected chi connectivity index (χ1v) is 8.94. The van der Waals surface area contributed by atoms with Crippen molar-refractivity contribution in [3.8, 4) is 5.75 Å². The number of carbonyl (C=O) groups is 2. The summed E-state index contributed by atoms with van der Waals surface area (Å²) in [6.45, 7) is -0.516. The summed E-state index contributed by atoms with van der Waals surface area (Å²) in [6, 6.07) is 13.6. The van der Waals surface area contributed by atoms with E-state index in [1.165, 1.54) is 37.1 Å². The Morgan fingerprint density at radius 2 is 1.93 bits per heavy atom. The highest BCUT2D eigenvalue weighted by Gasteiger charge is 2.18. The van der Waals surface area contributed by atoms with Gasteiger partial charge in [0.2, 0.25) is 0 Å². The van der Waals surface area contributed by atoms with Crippen LogP contribution < -0.4 is 10.1 Å². The Morgan fingerprint density at radius 3 is 2.59 bits per heavy atom. The van der Waals surface area contributed by atoms with Gasteiger partial charge in [0.25, 0.3) is 11.6 Å². The molecule has 2 rings (SSSR count). The monoisotopic (exact) mass is 390 g/mol. The molecule has 0 fully saturated rings. The van der Waals surface area contributed by atoms with Gasteiger partial charge in [-0.15, -0.1) is 11.8 Å². The lowest BCUT2D eigenvalue weighted by atomic mass is 10.2. The minimum Gasteiger partial charge on any atom is -0.496 e. The number of nitrogens with one attached hydrogen (secondary N) is 1. The molecular weight excluding hydrogens is 372 g/mol. The molecule has 0 aliphatic heterocycles. The van der Waals surface area contributed by atoms with Crippen LogP contribution in [0.1, 0.15) is 6.42 Å². The molecule has 142 valence electrons. The van der Waals surface area contributed by atoms with Gasteiger partial charge in [-0.05, 0) is 24.3 Å². The Kier molecular flexibility index (Phi) is 7.63. The quantitative estimate of drug-likeness (QED) is 0.303. The second kappa shape index (κ2) is 10.2. The van der Waals surface area contributed by atoms with Crippen molar-refractivity contribution in [2.24, 2.45) is 0 Å². The van der Waals surface area contributed by atoms with E-state index in [0.29, 0.717) is 11.5 Å². The van der Waals surface area contributed by atoms with Gasteiger partial charge >= 0.3 is 5.97 Å². The van der Waals surface area contributed by atoms with Gasteiger partial charge in [0.05, 0.1) is 24.5 Å². The van der Waals surface area contributed by atoms with Gasteiger partial charge in [-0.2, -0.15) is 0 Å². The van der Waals surface area contributed by atoms with Crippen molar-refractivity contribution in [3.63, 3.8) is 0 Å². The van der Waals surface area contributed by atoms with Crippen molar-refractivity contribution in [3.05, 3.63) is 58.6 Å². The number of nitro benzene ring substituents is 1. The highest BCUT2D eigenvalue weighted by Crippen LogP contribution is 2.28. The van der Waals surface area contributed by atoms with E-state index in [0.717, 1.165) is 4.90 Å². The van der Waals surface area contributed by atoms with Gasteiger partial charge in [-0.3, -0.25) is 19.7 Å². The summed E-state index contributed by atoms with van der Waals surface area (Å²) in [4.78, 5) is 35.1. The van der Waals surface area contributed by atoms with Crippen LogP contribution in [0.5, 0.6) is 5.75 Å². The summed E-state index contributed by atoms with van der Waals surface area (Å²) in [5.74, 6) is -0.360. The fourth-order valence-corrected chi connectivity index (χ4v) is 2.92. The maximum Gasteiger partial charge on any atom is 0.307 e. The topological polar surface area (TPSA) is 108 Å². The van der Waals surface area contributed by atoms with E-state index in [2.05, 4.69) is 5.32 Å². The molecule has 0 saturated heterocycles. The summed E-state index contributed by atoms with van der Waals surface area (Å²) in [6.07, 6.45) is 0.148. The molecule has 9 heteroatoms. The van der Waals surface area contributed by atoms with E-state index in [9.17, 15) is 19.7 Å². The fourth-order valence-electron chi connectivity index (χ4n) is 2.07. The van der Waals surface area contributed by atoms with Gasteiger partial charge < -0.3 is 14.8 Å². The third kappa shape index (κ3) is 6.63. The van der Waals surface area contributed by atoms with E-state index in [4.69, 9.17) is 9.47 Å². The van der Waals surface area contributed by atoms with Crippen LogP contribution in [0, 0.1) is 10.1 Å². The molecule has 0 saturated carbocycles. The molecule has 27 heavy (non-hydrogen) atoms. The standard InChI is InChI=1S/C18H18N2O6S/c1-25-13-7-8-15(16(11-13)20(23)24)19-17(21)12-26-18(22)9-10-27-14-5-3-2-4-6-14/h2-8,11H,9-10,12H2,1H3,(H,19,21). The minimum absolute atomic E-state index is 0.00137. The highest BCUT2D eigenvalue weighted by atomic mass is 32.2. The molecule has 0 atom stereocenters. The van der Waals surface area contributed by atoms with Crippen LogP contribution in [-0.2, 0) is 14.3 Å². The van der Waals surface area contributed by atoms with Crippen molar-refractivity contribution < 1.29 is 24.0 Å². The number of ether oxygens (including phenoxy) is 2. The zero-order valence-corrected chi connectivity index (χ0v) is 15.4. The fraction of sp³-hybridized carbons (Fsp3) is 0.222. The average Bonchev–Trinajstić information content (AvgIpc) is 2.67. The summed E-state index contributed by atoms with van der Waals surface area (Å²) in [5, 5.41) is 13.4. The van der Waals surface area contributed by atoms with Gasteiger partial charge in [0.15, 0.2) is 6.61 Å². The molecule has 1 N–H and O–H groups in total. The Morgan fingerprint density at radius 1 is 1.19 bits per heavy atom. The summed E-state index contributed by atoms with van der Waals surface area (Å²) < 4.78 is 9.83. The maximum absolute atomic E-state index is 11.9. The van der Waals surface area contributed by atoms with E-state index in [1.807, 2.05) is 30.3 Å². The van der Waals surface area contributed by atoms with Crippen LogP contribution in [0.25, 0.3) is 0 Å². The second-order valence-electron chi connectivity index (χ2n) is 5.26. The molecule has 0 bridgehead atoms. The molecule has 0 unspecified atom stereocenters. The van der Waals surface area contributed by atoms with Gasteiger partial charge in [0, 0.05) is 10.6 Å². The summed E-state index contributed by atoms with van der Waals surface area (Å²) in [5.41, 5.74) is -0.310. The highest BCUT2D eigenvalue weighted by molar-refractivity contribution is 7.99. The molecule has 0 aliphatic carbocycles. The number of esters is 1. The number of thioether (sulfide) groups is 1. The number of amides is 1. The largest absolute Gasteiger partial charge is 0.496 e. The third-order valence-corrected chi connectivity index (χ3v) is 4.37. The zero-order valence-electron chi connectivity index (χ0n) is 14.5. The first kappa shape index (κ1) is 20.2. The Balaban J connectivity index is 1.78. The first-order valence-electron chi connectivity index (χ1n) is 7.95. The number of nitro groups is 1. The number of carbonyl (C=O) groups excluding carboxylic acids is 2. The van der Waals surface area contributed by atoms with Crippen LogP contribution in [0.3, 0.4) is 0 Å². The number of nitrogens with zero attached hydrogens (tertiary/aromatic N) is 1. The number of hydrogen-bond acceptors (Lipinski definition) is 7. The zero-order chi connectivity index (χ0) is 19.6. The van der Waals surface area contributed by atoms with Gasteiger partial charge in [-0.1, -0.05) is 18.2 Å². The molecule has 0 aliphatic rings. The van der Waals surface area contributed by atoms with Crippen LogP contribution in [-0.4, -0.2) is 36.3 Å². The van der Waals surface area contributed by atoms with Crippen LogP contribution >= 0.6 is 11.8 Å². The lowest BCUT2D eigenvalue weighted by Crippen LogP contribution is -2.21. The number of benzene rings is 2. The first-order chi connectivity index (χ1) is 13.0. The molecule has 8 nitrogen and oxygen atoms in total. The summed E-state index contributed by atoms with van der Waals surface area (Å²) in [7, 11) is 1.38. The van der Waals surface area contributed by atoms with Crippen molar-refractivity contribution in [2.45, 2.75) is 11.3 Å². The van der Waals surface area contributed by atoms with E-state index < -0.39 is 23.4 Å². The lowest BCUT2D eigenvalue weighted by Gasteiger charge is -2.08. The van der Waals surface area contributed by atoms with Crippen LogP contribution in [0.15, 0.2) is 53.4 Å². The Labute approximate surface area is 160 Å². The van der Waals surface area contributed by atoms with E-state index in [1.54, 1.807) is 0 Å². The molecule has 0 radical (unpaired) electrons. The smallest absolute Gasteiger partial charge is 0.307 e.